The first-order valence-electron chi connectivity index (χ1n) is 8.06. The summed E-state index contributed by atoms with van der Waals surface area (Å²) in [6.07, 6.45) is 3.11. The molecule has 0 radical (unpaired) electrons. The van der Waals surface area contributed by atoms with Crippen molar-refractivity contribution in [3.8, 4) is 0 Å². The lowest BCUT2D eigenvalue weighted by molar-refractivity contribution is 0.436. The van der Waals surface area contributed by atoms with Crippen LogP contribution in [0.25, 0.3) is 0 Å². The number of hydrogen-bond donors (Lipinski definition) is 1. The molecule has 1 aliphatic rings. The monoisotopic (exact) mass is 320 g/mol. The number of aryl methyl sites for hydroxylation is 1. The highest BCUT2D eigenvalue weighted by Gasteiger charge is 2.25. The first kappa shape index (κ1) is 15.4. The van der Waals surface area contributed by atoms with E-state index < -0.39 is 0 Å². The normalized spacial score (nSPS) is 18.0. The van der Waals surface area contributed by atoms with Crippen LogP contribution in [0.4, 0.5) is 5.13 Å². The lowest BCUT2D eigenvalue weighted by Crippen LogP contribution is -2.22. The molecule has 2 aromatic heterocycles. The Bertz CT molecular complexity index is 630. The molecule has 1 atom stereocenters. The lowest BCUT2D eigenvalue weighted by atomic mass is 10.1. The molecule has 0 aromatic carbocycles. The minimum Gasteiger partial charge on any atom is -0.350 e. The second-order valence-corrected chi connectivity index (χ2v) is 7.41. The first-order chi connectivity index (χ1) is 10.5. The van der Waals surface area contributed by atoms with Gasteiger partial charge in [-0.1, -0.05) is 27.7 Å². The van der Waals surface area contributed by atoms with Gasteiger partial charge in [-0.2, -0.15) is 9.47 Å². The molecule has 0 spiro atoms. The molecule has 120 valence electrons. The van der Waals surface area contributed by atoms with Crippen LogP contribution in [0.3, 0.4) is 0 Å². The van der Waals surface area contributed by atoms with E-state index in [0.717, 1.165) is 48.4 Å². The average Bonchev–Trinajstić information content (AvgIpc) is 3.05. The molecular weight excluding hydrogens is 296 g/mol. The minimum atomic E-state index is 0.189. The van der Waals surface area contributed by atoms with Crippen molar-refractivity contribution in [2.24, 2.45) is 5.92 Å². The standard InChI is InChI=1S/C15H24N6S/c1-9(2)8-12-17-15(22-20-12)16-11-6-5-7-21-14(11)18-13(19-21)10(3)4/h9-11H,5-8H2,1-4H3,(H,16,17,20). The smallest absolute Gasteiger partial charge is 0.203 e. The summed E-state index contributed by atoms with van der Waals surface area (Å²) in [7, 11) is 0. The molecule has 6 nitrogen and oxygen atoms in total. The highest BCUT2D eigenvalue weighted by atomic mass is 32.1. The first-order valence-corrected chi connectivity index (χ1v) is 8.84. The molecule has 1 aliphatic heterocycles. The second kappa shape index (κ2) is 6.32. The van der Waals surface area contributed by atoms with Gasteiger partial charge in [-0.25, -0.2) is 14.6 Å². The van der Waals surface area contributed by atoms with Crippen LogP contribution in [0.15, 0.2) is 0 Å². The summed E-state index contributed by atoms with van der Waals surface area (Å²) in [5.74, 6) is 3.84. The number of hydrogen-bond acceptors (Lipinski definition) is 6. The maximum absolute atomic E-state index is 4.73. The third kappa shape index (κ3) is 3.29. The SMILES string of the molecule is CC(C)Cc1nsc(NC2CCCn3nc(C(C)C)nc32)n1. The van der Waals surface area contributed by atoms with Crippen LogP contribution in [-0.2, 0) is 13.0 Å². The van der Waals surface area contributed by atoms with Gasteiger partial charge in [0, 0.05) is 30.4 Å². The molecule has 1 N–H and O–H groups in total. The minimum absolute atomic E-state index is 0.189. The van der Waals surface area contributed by atoms with E-state index in [2.05, 4.69) is 47.5 Å². The fourth-order valence-electron chi connectivity index (χ4n) is 2.66. The van der Waals surface area contributed by atoms with Gasteiger partial charge < -0.3 is 5.32 Å². The summed E-state index contributed by atoms with van der Waals surface area (Å²) in [4.78, 5) is 9.33. The van der Waals surface area contributed by atoms with Crippen molar-refractivity contribution < 1.29 is 0 Å². The van der Waals surface area contributed by atoms with Crippen molar-refractivity contribution in [1.82, 2.24) is 24.1 Å². The Morgan fingerprint density at radius 3 is 2.82 bits per heavy atom. The maximum atomic E-state index is 4.73. The van der Waals surface area contributed by atoms with Gasteiger partial charge in [-0.3, -0.25) is 0 Å². The number of nitrogens with one attached hydrogen (secondary N) is 1. The summed E-state index contributed by atoms with van der Waals surface area (Å²) in [5, 5.41) is 9.02. The Kier molecular flexibility index (Phi) is 4.42. The van der Waals surface area contributed by atoms with Crippen LogP contribution in [0, 0.1) is 5.92 Å². The zero-order chi connectivity index (χ0) is 15.7. The number of rotatable bonds is 5. The molecule has 2 aromatic rings. The number of aromatic nitrogens is 5. The Labute approximate surface area is 135 Å². The molecule has 0 saturated heterocycles. The van der Waals surface area contributed by atoms with Gasteiger partial charge >= 0.3 is 0 Å². The Morgan fingerprint density at radius 2 is 2.09 bits per heavy atom. The molecule has 1 unspecified atom stereocenters. The fraction of sp³-hybridized carbons (Fsp3) is 0.733. The quantitative estimate of drug-likeness (QED) is 0.914. The Hall–Kier alpha value is -1.50. The molecule has 0 aliphatic carbocycles. The predicted octanol–water partition coefficient (Wildman–Crippen LogP) is 3.40. The zero-order valence-electron chi connectivity index (χ0n) is 13.7. The number of nitrogens with zero attached hydrogens (tertiary/aromatic N) is 5. The van der Waals surface area contributed by atoms with Gasteiger partial charge in [0.05, 0.1) is 6.04 Å². The van der Waals surface area contributed by atoms with Crippen molar-refractivity contribution >= 4 is 16.7 Å². The van der Waals surface area contributed by atoms with Crippen molar-refractivity contribution in [2.75, 3.05) is 5.32 Å². The highest BCUT2D eigenvalue weighted by Crippen LogP contribution is 2.29. The highest BCUT2D eigenvalue weighted by molar-refractivity contribution is 7.09. The van der Waals surface area contributed by atoms with E-state index in [-0.39, 0.29) is 6.04 Å². The largest absolute Gasteiger partial charge is 0.350 e. The average molecular weight is 320 g/mol. The molecule has 0 amide bonds. The van der Waals surface area contributed by atoms with E-state index >= 15 is 0 Å². The molecule has 22 heavy (non-hydrogen) atoms. The van der Waals surface area contributed by atoms with Crippen LogP contribution in [0.1, 0.15) is 70.0 Å². The summed E-state index contributed by atoms with van der Waals surface area (Å²) in [6, 6.07) is 0.189. The fourth-order valence-corrected chi connectivity index (χ4v) is 3.31. The predicted molar refractivity (Wildman–Crippen MR) is 88.2 cm³/mol. The van der Waals surface area contributed by atoms with Gasteiger partial charge in [0.1, 0.15) is 11.6 Å². The third-order valence-electron chi connectivity index (χ3n) is 3.76. The van der Waals surface area contributed by atoms with E-state index in [9.17, 15) is 0 Å². The van der Waals surface area contributed by atoms with Crippen molar-refractivity contribution in [3.63, 3.8) is 0 Å². The third-order valence-corrected chi connectivity index (χ3v) is 4.45. The number of anilines is 1. The van der Waals surface area contributed by atoms with E-state index in [1.807, 2.05) is 4.68 Å². The summed E-state index contributed by atoms with van der Waals surface area (Å²) < 4.78 is 6.48. The van der Waals surface area contributed by atoms with Crippen LogP contribution in [0.2, 0.25) is 0 Å². The summed E-state index contributed by atoms with van der Waals surface area (Å²) in [6.45, 7) is 9.59. The molecule has 0 fully saturated rings. The lowest BCUT2D eigenvalue weighted by Gasteiger charge is -2.22. The summed E-state index contributed by atoms with van der Waals surface area (Å²) >= 11 is 1.44. The van der Waals surface area contributed by atoms with Gasteiger partial charge in [0.2, 0.25) is 5.13 Å². The molecule has 3 heterocycles. The van der Waals surface area contributed by atoms with Crippen LogP contribution >= 0.6 is 11.5 Å². The Balaban J connectivity index is 1.75. The molecule has 7 heteroatoms. The van der Waals surface area contributed by atoms with Gasteiger partial charge in [0.25, 0.3) is 0 Å². The zero-order valence-corrected chi connectivity index (χ0v) is 14.5. The van der Waals surface area contributed by atoms with E-state index in [1.54, 1.807) is 0 Å². The topological polar surface area (TPSA) is 68.5 Å². The van der Waals surface area contributed by atoms with Gasteiger partial charge in [-0.05, 0) is 18.8 Å². The molecular formula is C15H24N6S. The van der Waals surface area contributed by atoms with E-state index in [4.69, 9.17) is 4.98 Å². The number of fused-ring (bicyclic) bond motifs is 1. The van der Waals surface area contributed by atoms with Crippen LogP contribution in [0.5, 0.6) is 0 Å². The molecule has 0 saturated carbocycles. The molecule has 0 bridgehead atoms. The van der Waals surface area contributed by atoms with Gasteiger partial charge in [0.15, 0.2) is 5.82 Å². The molecule has 3 rings (SSSR count). The maximum Gasteiger partial charge on any atom is 0.203 e. The van der Waals surface area contributed by atoms with Gasteiger partial charge in [-0.15, -0.1) is 0 Å². The summed E-state index contributed by atoms with van der Waals surface area (Å²) in [5.41, 5.74) is 0. The van der Waals surface area contributed by atoms with E-state index in [0.29, 0.717) is 11.8 Å². The Morgan fingerprint density at radius 1 is 1.27 bits per heavy atom. The van der Waals surface area contributed by atoms with E-state index in [1.165, 1.54) is 11.5 Å². The van der Waals surface area contributed by atoms with Crippen LogP contribution < -0.4 is 5.32 Å². The second-order valence-electron chi connectivity index (χ2n) is 6.66. The van der Waals surface area contributed by atoms with Crippen molar-refractivity contribution in [2.45, 2.75) is 65.5 Å². The van der Waals surface area contributed by atoms with Crippen LogP contribution in [-0.4, -0.2) is 24.1 Å². The van der Waals surface area contributed by atoms with Crippen molar-refractivity contribution in [3.05, 3.63) is 17.5 Å². The van der Waals surface area contributed by atoms with Crippen molar-refractivity contribution in [1.29, 1.82) is 0 Å².